The van der Waals surface area contributed by atoms with E-state index in [-0.39, 0.29) is 5.91 Å². The number of benzene rings is 2. The molecule has 1 amide bonds. The van der Waals surface area contributed by atoms with E-state index in [4.69, 9.17) is 11.6 Å². The summed E-state index contributed by atoms with van der Waals surface area (Å²) in [6.45, 7) is 4.31. The van der Waals surface area contributed by atoms with E-state index in [2.05, 4.69) is 16.3 Å². The molecule has 0 unspecified atom stereocenters. The fourth-order valence-electron chi connectivity index (χ4n) is 3.66. The van der Waals surface area contributed by atoms with Crippen LogP contribution in [0.15, 0.2) is 42.5 Å². The normalized spacial score (nSPS) is 17.3. The Morgan fingerprint density at radius 3 is 2.64 bits per heavy atom. The Hall–Kier alpha value is -2.04. The zero-order chi connectivity index (χ0) is 17.2. The number of hydrogen-bond acceptors (Lipinski definition) is 3. The Kier molecular flexibility index (Phi) is 4.64. The first-order valence-electron chi connectivity index (χ1n) is 8.89. The molecule has 4 rings (SSSR count). The third-order valence-electron chi connectivity index (χ3n) is 5.01. The van der Waals surface area contributed by atoms with Gasteiger partial charge in [-0.3, -0.25) is 4.79 Å². The molecule has 0 aromatic heterocycles. The predicted molar refractivity (Wildman–Crippen MR) is 103 cm³/mol. The molecular formula is C20H22ClN3O. The standard InChI is InChI=1S/C20H22ClN3O/c21-18-13-16(23-10-3-4-11-23)7-8-17(18)20(25)24-12-9-22-14-15-5-1-2-6-19(15)24/h1-2,5-8,13,22H,3-4,9-12,14H2. The van der Waals surface area contributed by atoms with Crippen molar-refractivity contribution in [2.75, 3.05) is 36.0 Å². The van der Waals surface area contributed by atoms with Gasteiger partial charge in [0.2, 0.25) is 0 Å². The highest BCUT2D eigenvalue weighted by Gasteiger charge is 2.24. The maximum atomic E-state index is 13.2. The lowest BCUT2D eigenvalue weighted by molar-refractivity contribution is 0.0987. The van der Waals surface area contributed by atoms with Gasteiger partial charge in [0, 0.05) is 44.1 Å². The van der Waals surface area contributed by atoms with Crippen molar-refractivity contribution in [3.05, 3.63) is 58.6 Å². The fourth-order valence-corrected chi connectivity index (χ4v) is 3.92. The smallest absolute Gasteiger partial charge is 0.259 e. The van der Waals surface area contributed by atoms with E-state index < -0.39 is 0 Å². The summed E-state index contributed by atoms with van der Waals surface area (Å²) in [4.78, 5) is 17.3. The monoisotopic (exact) mass is 355 g/mol. The third-order valence-corrected chi connectivity index (χ3v) is 5.32. The average molecular weight is 356 g/mol. The number of halogens is 1. The summed E-state index contributed by atoms with van der Waals surface area (Å²) in [7, 11) is 0. The summed E-state index contributed by atoms with van der Waals surface area (Å²) >= 11 is 6.50. The number of carbonyl (C=O) groups excluding carboxylic acids is 1. The summed E-state index contributed by atoms with van der Waals surface area (Å²) in [5.41, 5.74) is 3.79. The van der Waals surface area contributed by atoms with Crippen LogP contribution in [0, 0.1) is 0 Å². The number of rotatable bonds is 2. The van der Waals surface area contributed by atoms with Gasteiger partial charge in [0.05, 0.1) is 10.6 Å². The molecule has 4 nitrogen and oxygen atoms in total. The maximum absolute atomic E-state index is 13.2. The minimum atomic E-state index is -0.0332. The summed E-state index contributed by atoms with van der Waals surface area (Å²) < 4.78 is 0. The number of fused-ring (bicyclic) bond motifs is 1. The van der Waals surface area contributed by atoms with Gasteiger partial charge in [0.1, 0.15) is 0 Å². The van der Waals surface area contributed by atoms with Gasteiger partial charge in [-0.15, -0.1) is 0 Å². The minimum Gasteiger partial charge on any atom is -0.371 e. The lowest BCUT2D eigenvalue weighted by Gasteiger charge is -2.24. The molecule has 2 aliphatic rings. The second-order valence-electron chi connectivity index (χ2n) is 6.62. The van der Waals surface area contributed by atoms with Crippen LogP contribution in [-0.4, -0.2) is 32.1 Å². The quantitative estimate of drug-likeness (QED) is 0.892. The molecule has 0 spiro atoms. The van der Waals surface area contributed by atoms with E-state index in [9.17, 15) is 4.79 Å². The van der Waals surface area contributed by atoms with E-state index >= 15 is 0 Å². The molecular weight excluding hydrogens is 334 g/mol. The molecule has 1 N–H and O–H groups in total. The number of hydrogen-bond donors (Lipinski definition) is 1. The van der Waals surface area contributed by atoms with Gasteiger partial charge in [0.15, 0.2) is 0 Å². The first-order valence-corrected chi connectivity index (χ1v) is 9.27. The highest BCUT2D eigenvalue weighted by molar-refractivity contribution is 6.34. The van der Waals surface area contributed by atoms with Crippen LogP contribution in [0.4, 0.5) is 11.4 Å². The van der Waals surface area contributed by atoms with Gasteiger partial charge in [0.25, 0.3) is 5.91 Å². The molecule has 2 heterocycles. The molecule has 5 heteroatoms. The Morgan fingerprint density at radius 2 is 1.84 bits per heavy atom. The van der Waals surface area contributed by atoms with Crippen LogP contribution in [0.2, 0.25) is 5.02 Å². The number of nitrogens with zero attached hydrogens (tertiary/aromatic N) is 2. The zero-order valence-electron chi connectivity index (χ0n) is 14.2. The van der Waals surface area contributed by atoms with Crippen LogP contribution in [-0.2, 0) is 6.54 Å². The second kappa shape index (κ2) is 7.06. The van der Waals surface area contributed by atoms with Gasteiger partial charge < -0.3 is 15.1 Å². The molecule has 0 radical (unpaired) electrons. The van der Waals surface area contributed by atoms with Crippen LogP contribution in [0.1, 0.15) is 28.8 Å². The SMILES string of the molecule is O=C(c1ccc(N2CCCC2)cc1Cl)N1CCNCc2ccccc21. The molecule has 0 aliphatic carbocycles. The van der Waals surface area contributed by atoms with Crippen molar-refractivity contribution in [2.24, 2.45) is 0 Å². The van der Waals surface area contributed by atoms with Crippen molar-refractivity contribution in [1.82, 2.24) is 5.32 Å². The van der Waals surface area contributed by atoms with Crippen LogP contribution in [0.25, 0.3) is 0 Å². The molecule has 130 valence electrons. The lowest BCUT2D eigenvalue weighted by Crippen LogP contribution is -2.35. The van der Waals surface area contributed by atoms with E-state index in [1.165, 1.54) is 12.8 Å². The number of nitrogens with one attached hydrogen (secondary N) is 1. The van der Waals surface area contributed by atoms with E-state index in [0.29, 0.717) is 17.1 Å². The molecule has 0 bridgehead atoms. The molecule has 2 aliphatic heterocycles. The number of amides is 1. The van der Waals surface area contributed by atoms with Crippen molar-refractivity contribution in [2.45, 2.75) is 19.4 Å². The van der Waals surface area contributed by atoms with Gasteiger partial charge in [-0.05, 0) is 42.7 Å². The molecule has 0 saturated carbocycles. The summed E-state index contributed by atoms with van der Waals surface area (Å²) in [6.07, 6.45) is 2.44. The van der Waals surface area contributed by atoms with Gasteiger partial charge >= 0.3 is 0 Å². The van der Waals surface area contributed by atoms with Crippen molar-refractivity contribution in [3.8, 4) is 0 Å². The van der Waals surface area contributed by atoms with Crippen LogP contribution >= 0.6 is 11.6 Å². The van der Waals surface area contributed by atoms with Crippen molar-refractivity contribution in [3.63, 3.8) is 0 Å². The second-order valence-corrected chi connectivity index (χ2v) is 7.03. The summed E-state index contributed by atoms with van der Waals surface area (Å²) in [6, 6.07) is 13.9. The minimum absolute atomic E-state index is 0.0332. The predicted octanol–water partition coefficient (Wildman–Crippen LogP) is 3.69. The summed E-state index contributed by atoms with van der Waals surface area (Å²) in [5.74, 6) is -0.0332. The number of para-hydroxylation sites is 1. The highest BCUT2D eigenvalue weighted by Crippen LogP contribution is 2.29. The van der Waals surface area contributed by atoms with Crippen LogP contribution < -0.4 is 15.1 Å². The van der Waals surface area contributed by atoms with E-state index in [0.717, 1.165) is 43.1 Å². The molecule has 0 atom stereocenters. The first kappa shape index (κ1) is 16.4. The van der Waals surface area contributed by atoms with Crippen molar-refractivity contribution < 1.29 is 4.79 Å². The third kappa shape index (κ3) is 3.24. The molecule has 1 fully saturated rings. The Balaban J connectivity index is 1.64. The molecule has 2 aromatic carbocycles. The Morgan fingerprint density at radius 1 is 1.04 bits per heavy atom. The Labute approximate surface area is 153 Å². The number of carbonyl (C=O) groups is 1. The fraction of sp³-hybridized carbons (Fsp3) is 0.350. The summed E-state index contributed by atoms with van der Waals surface area (Å²) in [5, 5.41) is 3.90. The molecule has 2 aromatic rings. The van der Waals surface area contributed by atoms with E-state index in [1.807, 2.05) is 41.3 Å². The van der Waals surface area contributed by atoms with Gasteiger partial charge in [-0.25, -0.2) is 0 Å². The maximum Gasteiger partial charge on any atom is 0.259 e. The first-order chi connectivity index (χ1) is 12.2. The van der Waals surface area contributed by atoms with Crippen LogP contribution in [0.3, 0.4) is 0 Å². The van der Waals surface area contributed by atoms with Crippen molar-refractivity contribution >= 4 is 28.9 Å². The largest absolute Gasteiger partial charge is 0.371 e. The van der Waals surface area contributed by atoms with Gasteiger partial charge in [-0.2, -0.15) is 0 Å². The average Bonchev–Trinajstić information content (AvgIpc) is 3.08. The van der Waals surface area contributed by atoms with Crippen LogP contribution in [0.5, 0.6) is 0 Å². The Bertz CT molecular complexity index is 786. The van der Waals surface area contributed by atoms with E-state index in [1.54, 1.807) is 0 Å². The number of anilines is 2. The molecule has 1 saturated heterocycles. The highest BCUT2D eigenvalue weighted by atomic mass is 35.5. The van der Waals surface area contributed by atoms with Gasteiger partial charge in [-0.1, -0.05) is 29.8 Å². The lowest BCUT2D eigenvalue weighted by atomic mass is 10.1. The zero-order valence-corrected chi connectivity index (χ0v) is 14.9. The van der Waals surface area contributed by atoms with Crippen molar-refractivity contribution in [1.29, 1.82) is 0 Å². The topological polar surface area (TPSA) is 35.6 Å². The molecule has 25 heavy (non-hydrogen) atoms.